The lowest BCUT2D eigenvalue weighted by molar-refractivity contribution is 0.0933. The average Bonchev–Trinajstić information content (AvgIpc) is 3.06. The van der Waals surface area contributed by atoms with Gasteiger partial charge in [-0.05, 0) is 12.8 Å². The van der Waals surface area contributed by atoms with Crippen molar-refractivity contribution in [1.29, 1.82) is 0 Å². The topological polar surface area (TPSA) is 131 Å². The highest BCUT2D eigenvalue weighted by Crippen LogP contribution is 2.19. The number of carbonyl (C=O) groups excluding carboxylic acids is 2. The molecule has 2 aromatic rings. The zero-order chi connectivity index (χ0) is 17.5. The largest absolute Gasteiger partial charge is 0.395 e. The number of aliphatic hydroxyl groups excluding tert-OH is 1. The Labute approximate surface area is 142 Å². The molecule has 0 saturated carbocycles. The quantitative estimate of drug-likeness (QED) is 0.666. The van der Waals surface area contributed by atoms with E-state index in [2.05, 4.69) is 32.1 Å². The molecule has 2 aromatic heterocycles. The molecule has 0 spiro atoms. The molecule has 1 atom stereocenters. The van der Waals surface area contributed by atoms with Gasteiger partial charge in [-0.1, -0.05) is 5.92 Å². The number of thiazole rings is 1. The third kappa shape index (κ3) is 4.58. The maximum absolute atomic E-state index is 12.2. The number of aromatic nitrogens is 3. The van der Waals surface area contributed by atoms with Crippen LogP contribution in [0.25, 0.3) is 0 Å². The number of primary amides is 1. The Balaban J connectivity index is 2.07. The molecule has 2 amide bonds. The molecule has 0 aliphatic carbocycles. The van der Waals surface area contributed by atoms with Crippen LogP contribution in [-0.4, -0.2) is 38.5 Å². The minimum absolute atomic E-state index is 0.0377. The van der Waals surface area contributed by atoms with E-state index >= 15 is 0 Å². The summed E-state index contributed by atoms with van der Waals surface area (Å²) in [7, 11) is 0. The summed E-state index contributed by atoms with van der Waals surface area (Å²) < 4.78 is 0. The van der Waals surface area contributed by atoms with Crippen LogP contribution in [0.2, 0.25) is 0 Å². The van der Waals surface area contributed by atoms with Crippen LogP contribution in [0.1, 0.15) is 50.2 Å². The molecule has 2 rings (SSSR count). The molecular weight excluding hydrogens is 330 g/mol. The van der Waals surface area contributed by atoms with Crippen LogP contribution < -0.4 is 11.1 Å². The van der Waals surface area contributed by atoms with Crippen LogP contribution in [0.3, 0.4) is 0 Å². The van der Waals surface area contributed by atoms with E-state index < -0.39 is 17.9 Å². The lowest BCUT2D eigenvalue weighted by Crippen LogP contribution is -2.27. The van der Waals surface area contributed by atoms with Gasteiger partial charge in [0.15, 0.2) is 0 Å². The number of aliphatic hydroxyl groups is 1. The van der Waals surface area contributed by atoms with Gasteiger partial charge in [0.25, 0.3) is 11.8 Å². The third-order valence-electron chi connectivity index (χ3n) is 2.84. The summed E-state index contributed by atoms with van der Waals surface area (Å²) in [6.45, 7) is 1.70. The lowest BCUT2D eigenvalue weighted by atomic mass is 10.2. The molecular formula is C15H15N5O3S. The number of hydrogen-bond donors (Lipinski definition) is 3. The zero-order valence-electron chi connectivity index (χ0n) is 12.8. The van der Waals surface area contributed by atoms with Gasteiger partial charge in [-0.3, -0.25) is 9.59 Å². The van der Waals surface area contributed by atoms with Gasteiger partial charge in [0.05, 0.1) is 18.8 Å². The van der Waals surface area contributed by atoms with Crippen molar-refractivity contribution in [2.75, 3.05) is 6.61 Å². The highest BCUT2D eigenvalue weighted by Gasteiger charge is 2.17. The molecule has 2 heterocycles. The third-order valence-corrected chi connectivity index (χ3v) is 4.03. The van der Waals surface area contributed by atoms with Crippen molar-refractivity contribution in [3.8, 4) is 11.8 Å². The maximum atomic E-state index is 12.2. The van der Waals surface area contributed by atoms with Crippen molar-refractivity contribution in [3.05, 3.63) is 39.9 Å². The van der Waals surface area contributed by atoms with Crippen molar-refractivity contribution < 1.29 is 14.7 Å². The zero-order valence-corrected chi connectivity index (χ0v) is 13.6. The van der Waals surface area contributed by atoms with E-state index in [-0.39, 0.29) is 12.3 Å². The Morgan fingerprint density at radius 3 is 2.88 bits per heavy atom. The monoisotopic (exact) mass is 345 g/mol. The summed E-state index contributed by atoms with van der Waals surface area (Å²) in [5.41, 5.74) is 5.74. The molecule has 8 nitrogen and oxygen atoms in total. The normalized spacial score (nSPS) is 11.2. The van der Waals surface area contributed by atoms with Gasteiger partial charge in [-0.25, -0.2) is 15.0 Å². The van der Waals surface area contributed by atoms with Crippen LogP contribution >= 0.6 is 11.3 Å². The second kappa shape index (κ2) is 8.14. The van der Waals surface area contributed by atoms with E-state index in [1.807, 2.05) is 0 Å². The van der Waals surface area contributed by atoms with Crippen molar-refractivity contribution in [2.45, 2.75) is 19.4 Å². The summed E-state index contributed by atoms with van der Waals surface area (Å²) in [6, 6.07) is 1.05. The summed E-state index contributed by atoms with van der Waals surface area (Å²) in [4.78, 5) is 35.6. The van der Waals surface area contributed by atoms with Crippen LogP contribution in [0.15, 0.2) is 18.6 Å². The number of carbonyl (C=O) groups is 2. The number of nitrogens with zero attached hydrogens (tertiary/aromatic N) is 3. The van der Waals surface area contributed by atoms with E-state index in [0.717, 1.165) is 11.3 Å². The summed E-state index contributed by atoms with van der Waals surface area (Å²) in [6.07, 6.45) is 2.95. The summed E-state index contributed by atoms with van der Waals surface area (Å²) >= 11 is 1.12. The number of nitrogens with two attached hydrogens (primary N) is 1. The van der Waals surface area contributed by atoms with Crippen molar-refractivity contribution in [2.24, 2.45) is 5.73 Å². The SMILES string of the molecule is CC(NC(=O)c1cc(C#CCCO)ncn1)c1ncc(C(N)=O)s1. The lowest BCUT2D eigenvalue weighted by Gasteiger charge is -2.10. The number of nitrogens with one attached hydrogen (secondary N) is 1. The first kappa shape index (κ1) is 17.5. The number of rotatable bonds is 5. The minimum Gasteiger partial charge on any atom is -0.395 e. The van der Waals surface area contributed by atoms with E-state index in [9.17, 15) is 9.59 Å². The molecule has 0 bridgehead atoms. The molecule has 0 fully saturated rings. The van der Waals surface area contributed by atoms with Gasteiger partial charge < -0.3 is 16.2 Å². The molecule has 0 radical (unpaired) electrons. The molecule has 0 aliphatic heterocycles. The highest BCUT2D eigenvalue weighted by molar-refractivity contribution is 7.13. The second-order valence-corrected chi connectivity index (χ2v) is 5.75. The van der Waals surface area contributed by atoms with E-state index in [4.69, 9.17) is 10.8 Å². The van der Waals surface area contributed by atoms with Crippen molar-refractivity contribution >= 4 is 23.2 Å². The maximum Gasteiger partial charge on any atom is 0.270 e. The van der Waals surface area contributed by atoms with Crippen LogP contribution in [0.4, 0.5) is 0 Å². The summed E-state index contributed by atoms with van der Waals surface area (Å²) in [5, 5.41) is 12.0. The van der Waals surface area contributed by atoms with Gasteiger partial charge in [0.1, 0.15) is 27.6 Å². The Bertz CT molecular complexity index is 809. The molecule has 24 heavy (non-hydrogen) atoms. The van der Waals surface area contributed by atoms with Crippen LogP contribution in [0, 0.1) is 11.8 Å². The second-order valence-electron chi connectivity index (χ2n) is 4.69. The average molecular weight is 345 g/mol. The smallest absolute Gasteiger partial charge is 0.270 e. The Morgan fingerprint density at radius 1 is 1.42 bits per heavy atom. The van der Waals surface area contributed by atoms with Gasteiger partial charge in [0.2, 0.25) is 0 Å². The highest BCUT2D eigenvalue weighted by atomic mass is 32.1. The van der Waals surface area contributed by atoms with Gasteiger partial charge in [-0.15, -0.1) is 11.3 Å². The van der Waals surface area contributed by atoms with E-state index in [1.54, 1.807) is 6.92 Å². The van der Waals surface area contributed by atoms with E-state index in [1.165, 1.54) is 18.6 Å². The van der Waals surface area contributed by atoms with Crippen LogP contribution in [-0.2, 0) is 0 Å². The van der Waals surface area contributed by atoms with Crippen molar-refractivity contribution in [1.82, 2.24) is 20.3 Å². The molecule has 9 heteroatoms. The first-order valence-corrected chi connectivity index (χ1v) is 7.81. The number of hydrogen-bond acceptors (Lipinski definition) is 7. The fourth-order valence-electron chi connectivity index (χ4n) is 1.69. The Kier molecular flexibility index (Phi) is 5.95. The fourth-order valence-corrected chi connectivity index (χ4v) is 2.47. The minimum atomic E-state index is -0.556. The van der Waals surface area contributed by atoms with E-state index in [0.29, 0.717) is 22.0 Å². The molecule has 0 aromatic carbocycles. The number of amides is 2. The predicted molar refractivity (Wildman–Crippen MR) is 87.1 cm³/mol. The first-order chi connectivity index (χ1) is 11.5. The molecule has 0 saturated heterocycles. The van der Waals surface area contributed by atoms with Crippen LogP contribution in [0.5, 0.6) is 0 Å². The molecule has 1 unspecified atom stereocenters. The first-order valence-electron chi connectivity index (χ1n) is 6.99. The molecule has 4 N–H and O–H groups in total. The predicted octanol–water partition coefficient (Wildman–Crippen LogP) is 0.257. The van der Waals surface area contributed by atoms with Gasteiger partial charge in [-0.2, -0.15) is 0 Å². The summed E-state index contributed by atoms with van der Waals surface area (Å²) in [5.74, 6) is 4.49. The van der Waals surface area contributed by atoms with Gasteiger partial charge >= 0.3 is 0 Å². The Morgan fingerprint density at radius 2 is 2.21 bits per heavy atom. The molecule has 0 aliphatic rings. The molecule has 124 valence electrons. The Hall–Kier alpha value is -2.83. The standard InChI is InChI=1S/C15H15N5O3S/c1-9(15-17-7-12(24-15)13(16)22)20-14(23)11-6-10(18-8-19-11)4-2-3-5-21/h6-9,21H,3,5H2,1H3,(H2,16,22)(H,20,23). The van der Waals surface area contributed by atoms with Crippen molar-refractivity contribution in [3.63, 3.8) is 0 Å². The van der Waals surface area contributed by atoms with Gasteiger partial charge in [0, 0.05) is 12.5 Å². The fraction of sp³-hybridized carbons (Fsp3) is 0.267.